The van der Waals surface area contributed by atoms with Crippen LogP contribution in [0, 0.1) is 0 Å². The van der Waals surface area contributed by atoms with Gasteiger partial charge in [-0.3, -0.25) is 4.79 Å². The highest BCUT2D eigenvalue weighted by Crippen LogP contribution is 2.13. The molecule has 0 aliphatic rings. The van der Waals surface area contributed by atoms with Crippen molar-refractivity contribution in [2.45, 2.75) is 38.6 Å². The van der Waals surface area contributed by atoms with Gasteiger partial charge >= 0.3 is 0 Å². The minimum Gasteiger partial charge on any atom is -0.520 e. The van der Waals surface area contributed by atoms with Crippen molar-refractivity contribution in [1.82, 2.24) is 0 Å². The van der Waals surface area contributed by atoms with E-state index in [4.69, 9.17) is 18.6 Å². The number of methoxy groups -OCH3 is 2. The standard InChI is InChI=1S/C12H26O5Si/c1-11(13)17-18(4,5)8-6-7-16-10-12(15-3)9-14-2/h12H,6-10H2,1-5H3. The molecule has 0 amide bonds. The summed E-state index contributed by atoms with van der Waals surface area (Å²) in [6, 6.07) is 0.911. The highest BCUT2D eigenvalue weighted by Gasteiger charge is 2.24. The van der Waals surface area contributed by atoms with Gasteiger partial charge in [0.1, 0.15) is 6.10 Å². The fourth-order valence-electron chi connectivity index (χ4n) is 1.62. The molecule has 0 heterocycles. The molecule has 0 spiro atoms. The van der Waals surface area contributed by atoms with Crippen LogP contribution in [-0.4, -0.2) is 54.4 Å². The number of ether oxygens (including phenoxy) is 3. The van der Waals surface area contributed by atoms with Crippen molar-refractivity contribution in [2.75, 3.05) is 34.0 Å². The number of carbonyl (C=O) groups is 1. The molecular formula is C12H26O5Si. The van der Waals surface area contributed by atoms with Gasteiger partial charge in [-0.05, 0) is 25.6 Å². The molecule has 18 heavy (non-hydrogen) atoms. The van der Waals surface area contributed by atoms with Crippen molar-refractivity contribution < 1.29 is 23.4 Å². The second-order valence-electron chi connectivity index (χ2n) is 4.84. The lowest BCUT2D eigenvalue weighted by molar-refractivity contribution is -0.132. The third kappa shape index (κ3) is 9.58. The lowest BCUT2D eigenvalue weighted by Crippen LogP contribution is -2.32. The molecule has 0 saturated heterocycles. The van der Waals surface area contributed by atoms with Gasteiger partial charge in [0.15, 0.2) is 0 Å². The molecule has 0 radical (unpaired) electrons. The van der Waals surface area contributed by atoms with E-state index in [0.717, 1.165) is 12.5 Å². The van der Waals surface area contributed by atoms with E-state index in [-0.39, 0.29) is 12.1 Å². The highest BCUT2D eigenvalue weighted by molar-refractivity contribution is 6.72. The van der Waals surface area contributed by atoms with Crippen molar-refractivity contribution in [3.05, 3.63) is 0 Å². The Morgan fingerprint density at radius 2 is 1.89 bits per heavy atom. The highest BCUT2D eigenvalue weighted by atomic mass is 28.4. The van der Waals surface area contributed by atoms with Crippen molar-refractivity contribution in [2.24, 2.45) is 0 Å². The van der Waals surface area contributed by atoms with Gasteiger partial charge in [-0.15, -0.1) is 0 Å². The lowest BCUT2D eigenvalue weighted by atomic mass is 10.4. The minimum absolute atomic E-state index is 0.0197. The Kier molecular flexibility index (Phi) is 9.26. The zero-order valence-corrected chi connectivity index (χ0v) is 13.2. The molecule has 0 saturated carbocycles. The Balaban J connectivity index is 3.63. The van der Waals surface area contributed by atoms with E-state index in [1.165, 1.54) is 6.92 Å². The van der Waals surface area contributed by atoms with Crippen LogP contribution in [0.5, 0.6) is 0 Å². The molecule has 0 aliphatic carbocycles. The smallest absolute Gasteiger partial charge is 0.289 e. The van der Waals surface area contributed by atoms with Crippen LogP contribution in [-0.2, 0) is 23.4 Å². The Morgan fingerprint density at radius 3 is 2.39 bits per heavy atom. The molecule has 6 heteroatoms. The summed E-state index contributed by atoms with van der Waals surface area (Å²) in [5.74, 6) is -0.188. The van der Waals surface area contributed by atoms with E-state index in [0.29, 0.717) is 19.8 Å². The van der Waals surface area contributed by atoms with Crippen molar-refractivity contribution in [1.29, 1.82) is 0 Å². The van der Waals surface area contributed by atoms with Gasteiger partial charge in [0.25, 0.3) is 5.97 Å². The summed E-state index contributed by atoms with van der Waals surface area (Å²) in [5.41, 5.74) is 0. The van der Waals surface area contributed by atoms with Crippen LogP contribution in [0.1, 0.15) is 13.3 Å². The first-order valence-electron chi connectivity index (χ1n) is 6.20. The van der Waals surface area contributed by atoms with Crippen LogP contribution in [0.2, 0.25) is 19.1 Å². The number of carbonyl (C=O) groups excluding carboxylic acids is 1. The van der Waals surface area contributed by atoms with Gasteiger partial charge in [-0.25, -0.2) is 0 Å². The maximum atomic E-state index is 10.9. The second kappa shape index (κ2) is 9.49. The summed E-state index contributed by atoms with van der Waals surface area (Å²) in [6.07, 6.45) is 0.879. The fraction of sp³-hybridized carbons (Fsp3) is 0.917. The van der Waals surface area contributed by atoms with Gasteiger partial charge < -0.3 is 18.6 Å². The topological polar surface area (TPSA) is 54.0 Å². The second-order valence-corrected chi connectivity index (χ2v) is 9.07. The molecular weight excluding hydrogens is 252 g/mol. The van der Waals surface area contributed by atoms with Crippen LogP contribution < -0.4 is 0 Å². The molecule has 5 nitrogen and oxygen atoms in total. The normalized spacial score (nSPS) is 13.4. The fourth-order valence-corrected chi connectivity index (χ4v) is 3.50. The zero-order valence-electron chi connectivity index (χ0n) is 12.2. The van der Waals surface area contributed by atoms with Crippen LogP contribution in [0.25, 0.3) is 0 Å². The van der Waals surface area contributed by atoms with Gasteiger partial charge in [0, 0.05) is 27.8 Å². The van der Waals surface area contributed by atoms with E-state index in [2.05, 4.69) is 0 Å². The summed E-state index contributed by atoms with van der Waals surface area (Å²) in [7, 11) is 1.43. The predicted octanol–water partition coefficient (Wildman–Crippen LogP) is 1.82. The Hall–Kier alpha value is -0.433. The van der Waals surface area contributed by atoms with E-state index < -0.39 is 8.32 Å². The maximum absolute atomic E-state index is 10.9. The molecule has 0 aromatic rings. The largest absolute Gasteiger partial charge is 0.520 e. The van der Waals surface area contributed by atoms with E-state index in [1.807, 2.05) is 13.1 Å². The van der Waals surface area contributed by atoms with E-state index in [1.54, 1.807) is 14.2 Å². The number of hydrogen-bond donors (Lipinski definition) is 0. The molecule has 0 bridgehead atoms. The first kappa shape index (κ1) is 17.6. The van der Waals surface area contributed by atoms with Crippen LogP contribution in [0.4, 0.5) is 0 Å². The third-order valence-electron chi connectivity index (χ3n) is 2.48. The molecule has 0 aromatic heterocycles. The van der Waals surface area contributed by atoms with Crippen LogP contribution in [0.15, 0.2) is 0 Å². The Labute approximate surface area is 111 Å². The molecule has 1 atom stereocenters. The average Bonchev–Trinajstić information content (AvgIpc) is 2.25. The van der Waals surface area contributed by atoms with E-state index in [9.17, 15) is 4.79 Å². The van der Waals surface area contributed by atoms with E-state index >= 15 is 0 Å². The number of rotatable bonds is 10. The molecule has 108 valence electrons. The minimum atomic E-state index is -1.85. The Bertz CT molecular complexity index is 233. The number of hydrogen-bond acceptors (Lipinski definition) is 5. The van der Waals surface area contributed by atoms with Crippen molar-refractivity contribution >= 4 is 14.3 Å². The predicted molar refractivity (Wildman–Crippen MR) is 72.2 cm³/mol. The van der Waals surface area contributed by atoms with Gasteiger partial charge in [-0.2, -0.15) is 0 Å². The van der Waals surface area contributed by atoms with Crippen molar-refractivity contribution in [3.8, 4) is 0 Å². The molecule has 0 rings (SSSR count). The summed E-state index contributed by atoms with van der Waals surface area (Å²) < 4.78 is 21.0. The molecule has 1 unspecified atom stereocenters. The molecule has 0 aliphatic heterocycles. The summed E-state index contributed by atoms with van der Waals surface area (Å²) in [4.78, 5) is 10.9. The first-order valence-corrected chi connectivity index (χ1v) is 9.32. The quantitative estimate of drug-likeness (QED) is 0.451. The summed E-state index contributed by atoms with van der Waals surface area (Å²) in [6.45, 7) is 7.25. The SMILES string of the molecule is COCC(COCCC[Si](C)(C)OC(C)=O)OC. The molecule has 0 fully saturated rings. The molecule has 0 N–H and O–H groups in total. The van der Waals surface area contributed by atoms with Gasteiger partial charge in [-0.1, -0.05) is 0 Å². The lowest BCUT2D eigenvalue weighted by Gasteiger charge is -2.21. The average molecular weight is 278 g/mol. The Morgan fingerprint density at radius 1 is 1.22 bits per heavy atom. The third-order valence-corrected chi connectivity index (χ3v) is 4.87. The summed E-state index contributed by atoms with van der Waals surface area (Å²) >= 11 is 0. The zero-order chi connectivity index (χ0) is 14.0. The van der Waals surface area contributed by atoms with Gasteiger partial charge in [0.05, 0.1) is 13.2 Å². The monoisotopic (exact) mass is 278 g/mol. The first-order chi connectivity index (χ1) is 8.41. The van der Waals surface area contributed by atoms with Crippen molar-refractivity contribution in [3.63, 3.8) is 0 Å². The molecule has 0 aromatic carbocycles. The maximum Gasteiger partial charge on any atom is 0.289 e. The van der Waals surface area contributed by atoms with Crippen LogP contribution in [0.3, 0.4) is 0 Å². The summed E-state index contributed by atoms with van der Waals surface area (Å²) in [5, 5.41) is 0. The van der Waals surface area contributed by atoms with Crippen LogP contribution >= 0.6 is 0 Å². The van der Waals surface area contributed by atoms with Gasteiger partial charge in [0.2, 0.25) is 8.32 Å².